The lowest BCUT2D eigenvalue weighted by Gasteiger charge is -2.14. The minimum atomic E-state index is -1.20. The van der Waals surface area contributed by atoms with Crippen LogP contribution in [0.25, 0.3) is 0 Å². The highest BCUT2D eigenvalue weighted by atomic mass is 16.6. The van der Waals surface area contributed by atoms with Crippen molar-refractivity contribution < 1.29 is 158 Å². The van der Waals surface area contributed by atoms with E-state index >= 15 is 0 Å². The van der Waals surface area contributed by atoms with Crippen molar-refractivity contribution in [3.8, 4) is 0 Å². The van der Waals surface area contributed by atoms with Crippen molar-refractivity contribution in [3.63, 3.8) is 0 Å². The summed E-state index contributed by atoms with van der Waals surface area (Å²) in [7, 11) is 0. The second-order valence-corrected chi connectivity index (χ2v) is 27.6. The van der Waals surface area contributed by atoms with Crippen molar-refractivity contribution >= 4 is 77.3 Å². The molecule has 0 bridgehead atoms. The zero-order valence-corrected chi connectivity index (χ0v) is 73.1. The number of aldehydes is 1. The van der Waals surface area contributed by atoms with Gasteiger partial charge in [0.2, 0.25) is 59.1 Å². The Morgan fingerprint density at radius 1 is 0.210 bits per heavy atom. The summed E-state index contributed by atoms with van der Waals surface area (Å²) >= 11 is 0. The normalized spacial score (nSPS) is 11.4. The zero-order chi connectivity index (χ0) is 90.4. The van der Waals surface area contributed by atoms with Gasteiger partial charge >= 0.3 is 11.9 Å². The summed E-state index contributed by atoms with van der Waals surface area (Å²) in [6, 6.07) is -1.16. The van der Waals surface area contributed by atoms with Gasteiger partial charge in [0.1, 0.15) is 71.8 Å². The number of ether oxygens (including phenoxy) is 18. The third-order valence-electron chi connectivity index (χ3n) is 16.9. The number of carbonyl (C=O) groups excluding carboxylic acids is 11. The molecule has 12 N–H and O–H groups in total. The van der Waals surface area contributed by atoms with Crippen molar-refractivity contribution in [2.75, 3.05) is 297 Å². The van der Waals surface area contributed by atoms with Gasteiger partial charge in [0, 0.05) is 78.2 Å². The van der Waals surface area contributed by atoms with Crippen molar-refractivity contribution in [2.24, 2.45) is 0 Å². The molecule has 43 nitrogen and oxygen atoms in total. The van der Waals surface area contributed by atoms with Crippen LogP contribution >= 0.6 is 0 Å². The Hall–Kier alpha value is -7.41. The van der Waals surface area contributed by atoms with Crippen LogP contribution in [0.4, 0.5) is 0 Å². The van der Waals surface area contributed by atoms with E-state index in [2.05, 4.69) is 53.2 Å². The van der Waals surface area contributed by atoms with Crippen molar-refractivity contribution in [3.05, 3.63) is 0 Å². The fraction of sp³-hybridized carbons (Fsp3) is 0.840. The van der Waals surface area contributed by atoms with Gasteiger partial charge in [-0.05, 0) is 19.3 Å². The molecule has 0 radical (unpaired) electrons. The maximum atomic E-state index is 12.4. The van der Waals surface area contributed by atoms with E-state index in [0.29, 0.717) is 39.1 Å². The molecular weight excluding hydrogens is 1640 g/mol. The molecule has 0 rings (SSSR count). The second kappa shape index (κ2) is 93.2. The second-order valence-electron chi connectivity index (χ2n) is 27.6. The predicted octanol–water partition coefficient (Wildman–Crippen LogP) is -1.23. The molecular formula is C81H148N10O33. The smallest absolute Gasteiger partial charge is 0.326 e. The van der Waals surface area contributed by atoms with Gasteiger partial charge < -0.3 is 153 Å². The monoisotopic (exact) mass is 1790 g/mol. The molecule has 0 aliphatic rings. The van der Waals surface area contributed by atoms with Crippen molar-refractivity contribution in [1.82, 2.24) is 53.2 Å². The number of rotatable bonds is 98. The highest BCUT2D eigenvalue weighted by Crippen LogP contribution is 2.15. The molecule has 0 fully saturated rings. The molecule has 0 spiro atoms. The molecule has 0 heterocycles. The number of carboxylic acids is 2. The first kappa shape index (κ1) is 117. The van der Waals surface area contributed by atoms with Gasteiger partial charge in [0.05, 0.1) is 178 Å². The maximum absolute atomic E-state index is 12.4. The van der Waals surface area contributed by atoms with Gasteiger partial charge in [0.25, 0.3) is 0 Å². The lowest BCUT2D eigenvalue weighted by Crippen LogP contribution is -2.41. The fourth-order valence-electron chi connectivity index (χ4n) is 10.5. The van der Waals surface area contributed by atoms with Crippen LogP contribution in [-0.4, -0.2) is 390 Å². The zero-order valence-electron chi connectivity index (χ0n) is 73.1. The summed E-state index contributed by atoms with van der Waals surface area (Å²) in [4.78, 5) is 153. The molecule has 43 heteroatoms. The lowest BCUT2D eigenvalue weighted by molar-refractivity contribution is -0.142. The molecule has 0 saturated carbocycles. The number of hydrogen-bond acceptors (Lipinski definition) is 31. The Morgan fingerprint density at radius 3 is 0.597 bits per heavy atom. The Bertz CT molecular complexity index is 2670. The molecule has 10 amide bonds. The highest BCUT2D eigenvalue weighted by Gasteiger charge is 2.21. The Morgan fingerprint density at radius 2 is 0.395 bits per heavy atom. The molecule has 0 unspecified atom stereocenters. The summed E-state index contributed by atoms with van der Waals surface area (Å²) < 4.78 is 95.8. The first-order valence-corrected chi connectivity index (χ1v) is 43.5. The topological polar surface area (TPSA) is 549 Å². The van der Waals surface area contributed by atoms with E-state index in [1.807, 2.05) is 0 Å². The number of nitrogens with one attached hydrogen (secondary N) is 10. The van der Waals surface area contributed by atoms with E-state index in [1.165, 1.54) is 70.6 Å². The van der Waals surface area contributed by atoms with Gasteiger partial charge in [-0.3, -0.25) is 52.7 Å². The molecule has 0 aliphatic heterocycles. The summed E-state index contributed by atoms with van der Waals surface area (Å²) in [5, 5.41) is 44.7. The summed E-state index contributed by atoms with van der Waals surface area (Å²) in [6.45, 7) is 6.30. The number of amides is 10. The van der Waals surface area contributed by atoms with Crippen LogP contribution in [0.2, 0.25) is 0 Å². The average molecular weight is 1790 g/mol. The molecule has 124 heavy (non-hydrogen) atoms. The van der Waals surface area contributed by atoms with E-state index in [1.54, 1.807) is 0 Å². The molecule has 0 aromatic heterocycles. The summed E-state index contributed by atoms with van der Waals surface area (Å²) in [6.07, 6.45) is 21.4. The Kier molecular flexibility index (Phi) is 87.7. The standard InChI is InChI=1S/C81H148N10O33/c92-32-42-116-44-43-107-34-24-83-72(95)61-118-54-46-109-36-26-85-74(97)63-120-56-48-111-38-28-87-76(99)65-122-58-50-113-40-30-89-78(101)67-124-60-52-115-41-31-90-79(102)68-123-59-51-114-39-29-88-77(100)66-121-57-49-112-37-27-86-75(98)64-119-55-47-110-35-25-84-73(96)62-117-53-45-108-33-23-82-70(93)22-21-69(81(105)106)91-71(94)19-17-15-13-11-9-7-5-3-1-2-4-6-8-10-12-14-16-18-20-80(103)104/h32,69H,1-31,33-68H2,(H,82,93)(H,83,95)(H,84,96)(H,85,97)(H,86,98)(H,87,99)(H,88,100)(H,89,101)(H,90,102)(H,91,94)(H,103,104)(H,105,106)/t69-/m0/s1. The number of aliphatic carboxylic acids is 2. The Labute approximate surface area is 729 Å². The maximum Gasteiger partial charge on any atom is 0.326 e. The van der Waals surface area contributed by atoms with Crippen LogP contribution in [0.3, 0.4) is 0 Å². The minimum absolute atomic E-state index is 0.0189. The van der Waals surface area contributed by atoms with E-state index < -0.39 is 18.0 Å². The van der Waals surface area contributed by atoms with Crippen molar-refractivity contribution in [2.45, 2.75) is 147 Å². The predicted molar refractivity (Wildman–Crippen MR) is 447 cm³/mol. The summed E-state index contributed by atoms with van der Waals surface area (Å²) in [5.41, 5.74) is 0. The lowest BCUT2D eigenvalue weighted by atomic mass is 10.0. The van der Waals surface area contributed by atoms with Gasteiger partial charge in [-0.15, -0.1) is 0 Å². The minimum Gasteiger partial charge on any atom is -0.481 e. The van der Waals surface area contributed by atoms with E-state index in [9.17, 15) is 67.4 Å². The number of carboxylic acid groups (broad SMARTS) is 2. The molecule has 1 atom stereocenters. The third-order valence-corrected chi connectivity index (χ3v) is 16.9. The Balaban J connectivity index is 3.51. The van der Waals surface area contributed by atoms with Crippen LogP contribution in [-0.2, 0) is 148 Å². The summed E-state index contributed by atoms with van der Waals surface area (Å²) in [5.74, 6) is -5.31. The third kappa shape index (κ3) is 92.3. The van der Waals surface area contributed by atoms with E-state index in [-0.39, 0.29) is 355 Å². The molecule has 0 aliphatic carbocycles. The fourth-order valence-corrected chi connectivity index (χ4v) is 10.5. The number of hydrogen-bond donors (Lipinski definition) is 12. The van der Waals surface area contributed by atoms with Gasteiger partial charge in [-0.25, -0.2) is 4.79 Å². The van der Waals surface area contributed by atoms with Gasteiger partial charge in [0.15, 0.2) is 0 Å². The van der Waals surface area contributed by atoms with E-state index in [4.69, 9.17) is 90.4 Å². The first-order valence-electron chi connectivity index (χ1n) is 43.5. The van der Waals surface area contributed by atoms with Crippen molar-refractivity contribution in [1.29, 1.82) is 0 Å². The van der Waals surface area contributed by atoms with Gasteiger partial charge in [-0.2, -0.15) is 0 Å². The molecule has 720 valence electrons. The number of unbranched alkanes of at least 4 members (excludes halogenated alkanes) is 17. The van der Waals surface area contributed by atoms with E-state index in [0.717, 1.165) is 38.5 Å². The van der Waals surface area contributed by atoms with Crippen LogP contribution in [0, 0.1) is 0 Å². The quantitative estimate of drug-likeness (QED) is 0.0250. The SMILES string of the molecule is O=CCOCCOCCNC(=O)COCCOCCNC(=O)COCCOCCNC(=O)COCCOCCNC(=O)COCCOCCNC(=O)COCCOCCNC(=O)COCCOCCNC(=O)COCCOCCNC(=O)COCCOCCNC(=O)CC[C@H](NC(=O)CCCCCCCCCCCCCCCCCCCCC(=O)O)C(=O)O. The van der Waals surface area contributed by atoms with Crippen LogP contribution in [0.15, 0.2) is 0 Å². The molecule has 0 saturated heterocycles. The molecule has 0 aromatic carbocycles. The first-order chi connectivity index (χ1) is 60.5. The van der Waals surface area contributed by atoms with Gasteiger partial charge in [-0.1, -0.05) is 103 Å². The largest absolute Gasteiger partial charge is 0.481 e. The van der Waals surface area contributed by atoms with Crippen LogP contribution < -0.4 is 53.2 Å². The average Bonchev–Trinajstić information content (AvgIpc) is 0.928. The number of carbonyl (C=O) groups is 13. The van der Waals surface area contributed by atoms with Crippen LogP contribution in [0.5, 0.6) is 0 Å². The molecule has 0 aromatic rings. The highest BCUT2D eigenvalue weighted by molar-refractivity contribution is 5.85. The van der Waals surface area contributed by atoms with Crippen LogP contribution in [0.1, 0.15) is 141 Å².